The maximum atomic E-state index is 5.72. The Bertz CT molecular complexity index is 188. The molecule has 76 valence electrons. The van der Waals surface area contributed by atoms with Crippen molar-refractivity contribution in [3.8, 4) is 0 Å². The average Bonchev–Trinajstić information content (AvgIpc) is 2.56. The summed E-state index contributed by atoms with van der Waals surface area (Å²) in [6.45, 7) is 7.16. The summed E-state index contributed by atoms with van der Waals surface area (Å²) in [5.41, 5.74) is 0. The van der Waals surface area contributed by atoms with E-state index in [4.69, 9.17) is 14.0 Å². The van der Waals surface area contributed by atoms with Crippen LogP contribution in [0.4, 0.5) is 0 Å². The monoisotopic (exact) mass is 204 g/mol. The zero-order valence-corrected chi connectivity index (χ0v) is 9.32. The second kappa shape index (κ2) is 3.82. The summed E-state index contributed by atoms with van der Waals surface area (Å²) in [6.07, 6.45) is 0.417. The first-order valence-electron chi connectivity index (χ1n) is 4.83. The first-order valence-corrected chi connectivity index (χ1v) is 6.24. The van der Waals surface area contributed by atoms with Crippen LogP contribution < -0.4 is 0 Å². The Morgan fingerprint density at radius 1 is 1.31 bits per heavy atom. The van der Waals surface area contributed by atoms with E-state index in [1.807, 2.05) is 0 Å². The van der Waals surface area contributed by atoms with Crippen molar-refractivity contribution < 1.29 is 14.0 Å². The van der Waals surface area contributed by atoms with Crippen molar-refractivity contribution in [3.63, 3.8) is 0 Å². The quantitative estimate of drug-likeness (QED) is 0.640. The molecule has 2 bridgehead atoms. The molecule has 3 nitrogen and oxygen atoms in total. The molecular formula is C9H17O3P. The van der Waals surface area contributed by atoms with Crippen LogP contribution in [-0.2, 0) is 14.0 Å². The van der Waals surface area contributed by atoms with Crippen molar-refractivity contribution in [1.29, 1.82) is 0 Å². The molecule has 2 rings (SSSR count). The van der Waals surface area contributed by atoms with Gasteiger partial charge in [-0.25, -0.2) is 0 Å². The third-order valence-corrected chi connectivity index (χ3v) is 3.64. The molecule has 13 heavy (non-hydrogen) atoms. The predicted octanol–water partition coefficient (Wildman–Crippen LogP) is 1.62. The summed E-state index contributed by atoms with van der Waals surface area (Å²) in [5.74, 6) is 0.985. The van der Waals surface area contributed by atoms with E-state index in [0.717, 1.165) is 0 Å². The normalized spacial score (nSPS) is 50.5. The third-order valence-electron chi connectivity index (χ3n) is 3.13. The minimum Gasteiger partial charge on any atom is -0.356 e. The number of ether oxygens (including phenoxy) is 2. The van der Waals surface area contributed by atoms with Crippen LogP contribution in [0.3, 0.4) is 0 Å². The van der Waals surface area contributed by atoms with E-state index in [1.54, 1.807) is 0 Å². The highest BCUT2D eigenvalue weighted by atomic mass is 31.1. The molecule has 2 fully saturated rings. The lowest BCUT2D eigenvalue weighted by Crippen LogP contribution is -2.44. The van der Waals surface area contributed by atoms with E-state index in [2.05, 4.69) is 20.5 Å². The van der Waals surface area contributed by atoms with Crippen molar-refractivity contribution in [2.24, 2.45) is 11.8 Å². The van der Waals surface area contributed by atoms with Gasteiger partial charge in [-0.15, -0.1) is 0 Å². The summed E-state index contributed by atoms with van der Waals surface area (Å²) >= 11 is 0. The second-order valence-corrected chi connectivity index (χ2v) is 4.53. The molecule has 3 unspecified atom stereocenters. The van der Waals surface area contributed by atoms with Crippen LogP contribution in [-0.4, -0.2) is 31.8 Å². The topological polar surface area (TPSA) is 27.7 Å². The van der Waals surface area contributed by atoms with Crippen LogP contribution in [0.5, 0.6) is 0 Å². The van der Waals surface area contributed by atoms with Gasteiger partial charge in [0.25, 0.3) is 0 Å². The van der Waals surface area contributed by atoms with Crippen LogP contribution >= 0.6 is 8.81 Å². The number of fused-ring (bicyclic) bond motifs is 2. The lowest BCUT2D eigenvalue weighted by molar-refractivity contribution is -0.165. The Kier molecular flexibility index (Phi) is 2.89. The standard InChI is InChI=1S/C9H17O3P/c1-5-6(2)9-10-4-7(11-9)8(5)12-13-3/h5-9,13H,4H2,1-3H3/t5?,6-,7?,8+,9-/m0/s1. The molecule has 2 aliphatic rings. The smallest absolute Gasteiger partial charge is 0.161 e. The van der Waals surface area contributed by atoms with Crippen molar-refractivity contribution in [2.45, 2.75) is 32.3 Å². The Labute approximate surface area is 81.0 Å². The molecule has 0 N–H and O–H groups in total. The maximum absolute atomic E-state index is 5.72. The molecule has 2 aliphatic heterocycles. The van der Waals surface area contributed by atoms with Crippen LogP contribution in [0.1, 0.15) is 13.8 Å². The molecular weight excluding hydrogens is 187 g/mol. The third kappa shape index (κ3) is 1.63. The molecule has 2 heterocycles. The molecule has 6 atom stereocenters. The first kappa shape index (κ1) is 9.85. The van der Waals surface area contributed by atoms with Gasteiger partial charge < -0.3 is 14.0 Å². The summed E-state index contributed by atoms with van der Waals surface area (Å²) in [4.78, 5) is 0. The Balaban J connectivity index is 2.08. The van der Waals surface area contributed by atoms with Crippen LogP contribution in [0.15, 0.2) is 0 Å². The van der Waals surface area contributed by atoms with E-state index < -0.39 is 0 Å². The summed E-state index contributed by atoms with van der Waals surface area (Å²) in [6, 6.07) is 0. The average molecular weight is 204 g/mol. The molecule has 0 aromatic rings. The van der Waals surface area contributed by atoms with Gasteiger partial charge in [0.2, 0.25) is 0 Å². The van der Waals surface area contributed by atoms with E-state index in [-0.39, 0.29) is 18.5 Å². The van der Waals surface area contributed by atoms with Gasteiger partial charge in [0.05, 0.1) is 12.7 Å². The molecule has 0 radical (unpaired) electrons. The molecule has 0 aromatic heterocycles. The summed E-state index contributed by atoms with van der Waals surface area (Å²) < 4.78 is 17.0. The fourth-order valence-corrected chi connectivity index (χ4v) is 2.73. The van der Waals surface area contributed by atoms with E-state index >= 15 is 0 Å². The summed E-state index contributed by atoms with van der Waals surface area (Å²) in [7, 11) is 0.536. The Morgan fingerprint density at radius 2 is 2.08 bits per heavy atom. The SMILES string of the molecule is CPO[C@H]1C2CO[C@@H](O2)[C@@H](C)C1C. The zero-order chi connectivity index (χ0) is 9.42. The van der Waals surface area contributed by atoms with Gasteiger partial charge in [-0.3, -0.25) is 0 Å². The van der Waals surface area contributed by atoms with Crippen LogP contribution in [0, 0.1) is 11.8 Å². The molecule has 0 aliphatic carbocycles. The fraction of sp³-hybridized carbons (Fsp3) is 1.00. The minimum absolute atomic E-state index is 0.0139. The molecule has 0 aromatic carbocycles. The minimum atomic E-state index is 0.0139. The van der Waals surface area contributed by atoms with Gasteiger partial charge in [0.1, 0.15) is 6.10 Å². The highest BCUT2D eigenvalue weighted by Crippen LogP contribution is 2.39. The molecule has 2 saturated heterocycles. The Morgan fingerprint density at radius 3 is 2.77 bits per heavy atom. The second-order valence-electron chi connectivity index (χ2n) is 3.88. The summed E-state index contributed by atoms with van der Waals surface area (Å²) in [5, 5.41) is 0. The number of hydrogen-bond acceptors (Lipinski definition) is 3. The van der Waals surface area contributed by atoms with Gasteiger partial charge in [-0.2, -0.15) is 0 Å². The van der Waals surface area contributed by atoms with E-state index in [1.165, 1.54) is 0 Å². The van der Waals surface area contributed by atoms with Gasteiger partial charge in [0.15, 0.2) is 6.29 Å². The predicted molar refractivity (Wildman–Crippen MR) is 52.1 cm³/mol. The van der Waals surface area contributed by atoms with Crippen molar-refractivity contribution in [3.05, 3.63) is 0 Å². The van der Waals surface area contributed by atoms with E-state index in [9.17, 15) is 0 Å². The number of rotatable bonds is 2. The highest BCUT2D eigenvalue weighted by molar-refractivity contribution is 7.31. The van der Waals surface area contributed by atoms with Gasteiger partial charge in [-0.05, 0) is 12.6 Å². The number of hydrogen-bond donors (Lipinski definition) is 0. The lowest BCUT2D eigenvalue weighted by Gasteiger charge is -2.37. The molecule has 4 heteroatoms. The van der Waals surface area contributed by atoms with Crippen molar-refractivity contribution in [2.75, 3.05) is 13.3 Å². The fourth-order valence-electron chi connectivity index (χ4n) is 2.09. The molecule has 0 amide bonds. The maximum Gasteiger partial charge on any atom is 0.161 e. The largest absolute Gasteiger partial charge is 0.356 e. The van der Waals surface area contributed by atoms with Gasteiger partial charge in [0, 0.05) is 14.7 Å². The first-order chi connectivity index (χ1) is 6.24. The zero-order valence-electron chi connectivity index (χ0n) is 8.32. The Hall–Kier alpha value is 0.310. The lowest BCUT2D eigenvalue weighted by atomic mass is 9.86. The highest BCUT2D eigenvalue weighted by Gasteiger charge is 2.47. The van der Waals surface area contributed by atoms with E-state index in [0.29, 0.717) is 27.3 Å². The van der Waals surface area contributed by atoms with Crippen molar-refractivity contribution in [1.82, 2.24) is 0 Å². The van der Waals surface area contributed by atoms with Gasteiger partial charge in [-0.1, -0.05) is 13.8 Å². The van der Waals surface area contributed by atoms with Gasteiger partial charge >= 0.3 is 0 Å². The molecule has 0 saturated carbocycles. The van der Waals surface area contributed by atoms with Crippen LogP contribution in [0.2, 0.25) is 0 Å². The van der Waals surface area contributed by atoms with Crippen LogP contribution in [0.25, 0.3) is 0 Å². The van der Waals surface area contributed by atoms with Crippen molar-refractivity contribution >= 4 is 8.81 Å². The molecule has 0 spiro atoms.